The predicted octanol–water partition coefficient (Wildman–Crippen LogP) is 0.875. The molecule has 2 N–H and O–H groups in total. The van der Waals surface area contributed by atoms with Crippen LogP contribution >= 0.6 is 11.6 Å². The van der Waals surface area contributed by atoms with Gasteiger partial charge in [0.05, 0.1) is 6.61 Å². The first-order chi connectivity index (χ1) is 9.94. The zero-order chi connectivity index (χ0) is 15.5. The zero-order valence-electron chi connectivity index (χ0n) is 10.6. The van der Waals surface area contributed by atoms with Crippen molar-refractivity contribution in [2.45, 2.75) is 17.9 Å². The second kappa shape index (κ2) is 6.48. The van der Waals surface area contributed by atoms with Crippen LogP contribution in [-0.4, -0.2) is 30.2 Å². The van der Waals surface area contributed by atoms with E-state index in [9.17, 15) is 12.8 Å². The minimum atomic E-state index is -4.11. The summed E-state index contributed by atoms with van der Waals surface area (Å²) in [5.74, 6) is -0.714. The molecule has 0 spiro atoms. The van der Waals surface area contributed by atoms with Crippen LogP contribution in [0, 0.1) is 5.82 Å². The van der Waals surface area contributed by atoms with Gasteiger partial charge in [0.1, 0.15) is 10.7 Å². The molecule has 0 aliphatic rings. The molecule has 1 aromatic carbocycles. The molecule has 0 atom stereocenters. The van der Waals surface area contributed by atoms with Gasteiger partial charge in [0.25, 0.3) is 0 Å². The predicted molar refractivity (Wildman–Crippen MR) is 70.5 cm³/mol. The number of nitrogens with zero attached hydrogens (tertiary/aromatic N) is 2. The highest BCUT2D eigenvalue weighted by Gasteiger charge is 2.22. The first-order valence-corrected chi connectivity index (χ1v) is 7.64. The van der Waals surface area contributed by atoms with Crippen molar-refractivity contribution in [2.75, 3.05) is 6.54 Å². The van der Waals surface area contributed by atoms with Gasteiger partial charge in [-0.15, -0.1) is 0 Å². The Bertz CT molecular complexity index is 721. The number of aromatic nitrogens is 2. The van der Waals surface area contributed by atoms with Gasteiger partial charge >= 0.3 is 0 Å². The lowest BCUT2D eigenvalue weighted by Crippen LogP contribution is -2.27. The summed E-state index contributed by atoms with van der Waals surface area (Å²) in [7, 11) is -4.11. The van der Waals surface area contributed by atoms with Gasteiger partial charge in [-0.3, -0.25) is 0 Å². The van der Waals surface area contributed by atoms with Crippen molar-refractivity contribution in [3.05, 3.63) is 40.8 Å². The Morgan fingerprint density at radius 2 is 2.19 bits per heavy atom. The van der Waals surface area contributed by atoms with Crippen molar-refractivity contribution in [2.24, 2.45) is 0 Å². The molecule has 0 saturated carbocycles. The number of aliphatic hydroxyl groups is 1. The number of rotatable bonds is 6. The molecule has 0 aliphatic carbocycles. The summed E-state index contributed by atoms with van der Waals surface area (Å²) in [5.41, 5.74) is -0.193. The smallest absolute Gasteiger partial charge is 0.243 e. The Morgan fingerprint density at radius 1 is 1.43 bits per heavy atom. The van der Waals surface area contributed by atoms with Crippen LogP contribution in [0.5, 0.6) is 0 Å². The summed E-state index contributed by atoms with van der Waals surface area (Å²) in [6.07, 6.45) is 1.30. The van der Waals surface area contributed by atoms with Gasteiger partial charge in [-0.2, -0.15) is 4.98 Å². The van der Waals surface area contributed by atoms with Crippen molar-refractivity contribution in [3.8, 4) is 0 Å². The average molecular weight is 336 g/mol. The SMILES string of the molecule is O=S(=O)(NCCc1ncon1)c1cc(Cl)cc(CO)c1F. The van der Waals surface area contributed by atoms with E-state index >= 15 is 0 Å². The summed E-state index contributed by atoms with van der Waals surface area (Å²) in [6, 6.07) is 2.14. The highest BCUT2D eigenvalue weighted by Crippen LogP contribution is 2.23. The first-order valence-electron chi connectivity index (χ1n) is 5.77. The maximum atomic E-state index is 14.0. The highest BCUT2D eigenvalue weighted by atomic mass is 35.5. The summed E-state index contributed by atoms with van der Waals surface area (Å²) in [6.45, 7) is -0.694. The Balaban J connectivity index is 2.17. The molecule has 0 amide bonds. The van der Waals surface area contributed by atoms with E-state index in [0.717, 1.165) is 18.5 Å². The lowest BCUT2D eigenvalue weighted by molar-refractivity contribution is 0.274. The van der Waals surface area contributed by atoms with Crippen molar-refractivity contribution in [1.82, 2.24) is 14.9 Å². The molecule has 7 nitrogen and oxygen atoms in total. The zero-order valence-corrected chi connectivity index (χ0v) is 12.2. The molecule has 0 saturated heterocycles. The fraction of sp³-hybridized carbons (Fsp3) is 0.273. The lowest BCUT2D eigenvalue weighted by atomic mass is 10.2. The minimum absolute atomic E-state index is 0.0130. The number of aliphatic hydroxyl groups excluding tert-OH is 1. The van der Waals surface area contributed by atoms with E-state index in [1.165, 1.54) is 0 Å². The molecule has 0 aliphatic heterocycles. The van der Waals surface area contributed by atoms with Crippen LogP contribution in [0.1, 0.15) is 11.4 Å². The second-order valence-electron chi connectivity index (χ2n) is 4.03. The molecule has 2 rings (SSSR count). The number of nitrogens with one attached hydrogen (secondary N) is 1. The molecule has 1 aromatic heterocycles. The lowest BCUT2D eigenvalue weighted by Gasteiger charge is -2.09. The van der Waals surface area contributed by atoms with Gasteiger partial charge in [-0.05, 0) is 12.1 Å². The summed E-state index contributed by atoms with van der Waals surface area (Å²) in [4.78, 5) is 3.11. The maximum Gasteiger partial charge on any atom is 0.243 e. The summed E-state index contributed by atoms with van der Waals surface area (Å²) < 4.78 is 44.8. The van der Waals surface area contributed by atoms with Gasteiger partial charge in [-0.1, -0.05) is 16.8 Å². The van der Waals surface area contributed by atoms with Crippen molar-refractivity contribution in [3.63, 3.8) is 0 Å². The van der Waals surface area contributed by atoms with Crippen LogP contribution in [0.2, 0.25) is 5.02 Å². The second-order valence-corrected chi connectivity index (χ2v) is 6.20. The Kier molecular flexibility index (Phi) is 4.88. The Morgan fingerprint density at radius 3 is 2.81 bits per heavy atom. The largest absolute Gasteiger partial charge is 0.392 e. The number of halogens is 2. The van der Waals surface area contributed by atoms with E-state index in [1.54, 1.807) is 0 Å². The van der Waals surface area contributed by atoms with E-state index in [4.69, 9.17) is 16.7 Å². The molecule has 10 heteroatoms. The monoisotopic (exact) mass is 335 g/mol. The Hall–Kier alpha value is -1.55. The van der Waals surface area contributed by atoms with E-state index in [-0.39, 0.29) is 23.6 Å². The number of hydrogen-bond donors (Lipinski definition) is 2. The van der Waals surface area contributed by atoms with Crippen molar-refractivity contribution in [1.29, 1.82) is 0 Å². The van der Waals surface area contributed by atoms with Crippen LogP contribution in [0.15, 0.2) is 27.9 Å². The standard InChI is InChI=1S/C11H11ClFN3O4S/c12-8-3-7(5-17)11(13)9(4-8)21(18,19)15-2-1-10-14-6-20-16-10/h3-4,6,15,17H,1-2,5H2. The molecule has 114 valence electrons. The molecular weight excluding hydrogens is 325 g/mol. The van der Waals surface area contributed by atoms with E-state index in [1.807, 2.05) is 0 Å². The quantitative estimate of drug-likeness (QED) is 0.811. The molecular formula is C11H11ClFN3O4S. The van der Waals surface area contributed by atoms with Crippen LogP contribution in [0.25, 0.3) is 0 Å². The van der Waals surface area contributed by atoms with Gasteiger partial charge in [0, 0.05) is 23.6 Å². The van der Waals surface area contributed by atoms with Crippen LogP contribution < -0.4 is 4.72 Å². The van der Waals surface area contributed by atoms with Gasteiger partial charge in [0.2, 0.25) is 16.4 Å². The third kappa shape index (κ3) is 3.76. The van der Waals surface area contributed by atoms with E-state index in [2.05, 4.69) is 19.4 Å². The Labute approximate surface area is 124 Å². The van der Waals surface area contributed by atoms with Crippen molar-refractivity contribution >= 4 is 21.6 Å². The van der Waals surface area contributed by atoms with E-state index < -0.39 is 27.3 Å². The molecule has 1 heterocycles. The van der Waals surface area contributed by atoms with Gasteiger partial charge < -0.3 is 9.63 Å². The summed E-state index contributed by atoms with van der Waals surface area (Å²) >= 11 is 5.72. The molecule has 0 fully saturated rings. The van der Waals surface area contributed by atoms with Gasteiger partial charge in [-0.25, -0.2) is 17.5 Å². The average Bonchev–Trinajstić information content (AvgIpc) is 2.93. The fourth-order valence-electron chi connectivity index (χ4n) is 1.61. The number of sulfonamides is 1. The van der Waals surface area contributed by atoms with Crippen LogP contribution in [0.4, 0.5) is 4.39 Å². The minimum Gasteiger partial charge on any atom is -0.392 e. The van der Waals surface area contributed by atoms with Crippen molar-refractivity contribution < 1.29 is 22.4 Å². The fourth-order valence-corrected chi connectivity index (χ4v) is 3.09. The number of hydrogen-bond acceptors (Lipinski definition) is 6. The normalized spacial score (nSPS) is 11.8. The molecule has 21 heavy (non-hydrogen) atoms. The van der Waals surface area contributed by atoms with Crippen LogP contribution in [0.3, 0.4) is 0 Å². The molecule has 0 radical (unpaired) electrons. The topological polar surface area (TPSA) is 105 Å². The molecule has 0 unspecified atom stereocenters. The van der Waals surface area contributed by atoms with Crippen LogP contribution in [-0.2, 0) is 23.1 Å². The maximum absolute atomic E-state index is 14.0. The third-order valence-electron chi connectivity index (χ3n) is 2.59. The molecule has 2 aromatic rings. The number of benzene rings is 1. The molecule has 0 bridgehead atoms. The highest BCUT2D eigenvalue weighted by molar-refractivity contribution is 7.89. The van der Waals surface area contributed by atoms with Gasteiger partial charge in [0.15, 0.2) is 5.82 Å². The third-order valence-corrected chi connectivity index (χ3v) is 4.27. The van der Waals surface area contributed by atoms with E-state index in [0.29, 0.717) is 5.82 Å². The first kappa shape index (κ1) is 15.8. The summed E-state index contributed by atoms with van der Waals surface area (Å²) in [5, 5.41) is 12.5.